The Kier molecular flexibility index (Phi) is 4.37. The van der Waals surface area contributed by atoms with Crippen molar-refractivity contribution in [2.24, 2.45) is 5.92 Å². The summed E-state index contributed by atoms with van der Waals surface area (Å²) in [4.78, 5) is 23.9. The van der Waals surface area contributed by atoms with Crippen molar-refractivity contribution in [1.82, 2.24) is 4.90 Å². The van der Waals surface area contributed by atoms with Gasteiger partial charge in [0.2, 0.25) is 0 Å². The van der Waals surface area contributed by atoms with Crippen molar-refractivity contribution in [3.8, 4) is 0 Å². The Bertz CT molecular complexity index is 552. The Balaban J connectivity index is 2.28. The number of nitro benzene ring substituents is 1. The maximum atomic E-state index is 13.9. The van der Waals surface area contributed by atoms with Crippen LogP contribution in [0.1, 0.15) is 23.7 Å². The Hall–Kier alpha value is -1.50. The molecule has 1 amide bonds. The van der Waals surface area contributed by atoms with E-state index < -0.39 is 16.6 Å². The zero-order valence-electron chi connectivity index (χ0n) is 10.9. The Morgan fingerprint density at radius 2 is 2.30 bits per heavy atom. The SMILES string of the molecule is CC1CCN(C(=O)c2ccc([N+](=O)[O-])cc2F)C1CBr. The summed E-state index contributed by atoms with van der Waals surface area (Å²) in [6.07, 6.45) is 0.872. The van der Waals surface area contributed by atoms with E-state index in [0.717, 1.165) is 18.6 Å². The molecular formula is C13H14BrFN2O3. The first-order chi connectivity index (χ1) is 9.45. The minimum absolute atomic E-state index is 0.0251. The Labute approximate surface area is 124 Å². The van der Waals surface area contributed by atoms with Crippen LogP contribution < -0.4 is 0 Å². The molecule has 108 valence electrons. The first kappa shape index (κ1) is 14.9. The van der Waals surface area contributed by atoms with Gasteiger partial charge in [-0.15, -0.1) is 0 Å². The van der Waals surface area contributed by atoms with Crippen molar-refractivity contribution in [2.75, 3.05) is 11.9 Å². The molecule has 1 heterocycles. The molecule has 0 aliphatic carbocycles. The normalized spacial score (nSPS) is 22.1. The molecule has 2 atom stereocenters. The molecule has 1 aliphatic rings. The molecule has 1 fully saturated rings. The van der Waals surface area contributed by atoms with Gasteiger partial charge in [0.05, 0.1) is 16.6 Å². The van der Waals surface area contributed by atoms with Gasteiger partial charge in [-0.3, -0.25) is 14.9 Å². The number of benzene rings is 1. The van der Waals surface area contributed by atoms with E-state index in [1.807, 2.05) is 6.92 Å². The van der Waals surface area contributed by atoms with Gasteiger partial charge in [0.25, 0.3) is 11.6 Å². The molecule has 1 saturated heterocycles. The lowest BCUT2D eigenvalue weighted by Gasteiger charge is -2.25. The van der Waals surface area contributed by atoms with Crippen LogP contribution in [0.4, 0.5) is 10.1 Å². The van der Waals surface area contributed by atoms with Crippen molar-refractivity contribution >= 4 is 27.5 Å². The summed E-state index contributed by atoms with van der Waals surface area (Å²) >= 11 is 3.37. The molecule has 1 aromatic carbocycles. The van der Waals surface area contributed by atoms with Crippen LogP contribution in [-0.4, -0.2) is 33.6 Å². The number of alkyl halides is 1. The highest BCUT2D eigenvalue weighted by Gasteiger charge is 2.35. The fourth-order valence-corrected chi connectivity index (χ4v) is 3.43. The minimum Gasteiger partial charge on any atom is -0.334 e. The van der Waals surface area contributed by atoms with Crippen LogP contribution in [0.3, 0.4) is 0 Å². The second-order valence-corrected chi connectivity index (χ2v) is 5.55. The Morgan fingerprint density at radius 3 is 2.85 bits per heavy atom. The van der Waals surface area contributed by atoms with E-state index in [-0.39, 0.29) is 17.3 Å². The van der Waals surface area contributed by atoms with Crippen LogP contribution in [0.2, 0.25) is 0 Å². The monoisotopic (exact) mass is 344 g/mol. The standard InChI is InChI=1S/C13H14BrFN2O3/c1-8-4-5-16(12(8)7-14)13(18)10-3-2-9(17(19)20)6-11(10)15/h2-3,6,8,12H,4-5,7H2,1H3. The summed E-state index contributed by atoms with van der Waals surface area (Å²) in [6.45, 7) is 2.62. The van der Waals surface area contributed by atoms with Crippen molar-refractivity contribution in [1.29, 1.82) is 0 Å². The third-order valence-electron chi connectivity index (χ3n) is 3.70. The topological polar surface area (TPSA) is 63.5 Å². The van der Waals surface area contributed by atoms with E-state index in [1.54, 1.807) is 4.90 Å². The summed E-state index contributed by atoms with van der Waals surface area (Å²) in [5.74, 6) is -0.914. The van der Waals surface area contributed by atoms with Gasteiger partial charge in [0.1, 0.15) is 5.82 Å². The third kappa shape index (κ3) is 2.67. The largest absolute Gasteiger partial charge is 0.334 e. The summed E-state index contributed by atoms with van der Waals surface area (Å²) in [6, 6.07) is 3.15. The van der Waals surface area contributed by atoms with Crippen molar-refractivity contribution in [3.05, 3.63) is 39.7 Å². The number of likely N-dealkylation sites (tertiary alicyclic amines) is 1. The number of non-ortho nitro benzene ring substituents is 1. The second kappa shape index (κ2) is 5.87. The molecule has 0 N–H and O–H groups in total. The number of halogens is 2. The summed E-state index contributed by atoms with van der Waals surface area (Å²) < 4.78 is 13.9. The highest BCUT2D eigenvalue weighted by Crippen LogP contribution is 2.28. The number of amides is 1. The summed E-state index contributed by atoms with van der Waals surface area (Å²) in [7, 11) is 0. The van der Waals surface area contributed by atoms with E-state index in [4.69, 9.17) is 0 Å². The van der Waals surface area contributed by atoms with Gasteiger partial charge in [-0.1, -0.05) is 22.9 Å². The summed E-state index contributed by atoms with van der Waals surface area (Å²) in [5.41, 5.74) is -0.471. The van der Waals surface area contributed by atoms with Crippen LogP contribution in [0.5, 0.6) is 0 Å². The molecular weight excluding hydrogens is 331 g/mol. The zero-order valence-corrected chi connectivity index (χ0v) is 12.5. The van der Waals surface area contributed by atoms with E-state index in [2.05, 4.69) is 15.9 Å². The fourth-order valence-electron chi connectivity index (χ4n) is 2.44. The molecule has 0 bridgehead atoms. The van der Waals surface area contributed by atoms with Crippen LogP contribution in [0.25, 0.3) is 0 Å². The molecule has 0 saturated carbocycles. The molecule has 20 heavy (non-hydrogen) atoms. The number of nitro groups is 1. The lowest BCUT2D eigenvalue weighted by Crippen LogP contribution is -2.38. The quantitative estimate of drug-likeness (QED) is 0.481. The zero-order chi connectivity index (χ0) is 14.9. The van der Waals surface area contributed by atoms with Gasteiger partial charge in [0.15, 0.2) is 0 Å². The number of hydrogen-bond donors (Lipinski definition) is 0. The van der Waals surface area contributed by atoms with Gasteiger partial charge in [-0.25, -0.2) is 4.39 Å². The molecule has 2 rings (SSSR count). The van der Waals surface area contributed by atoms with E-state index in [0.29, 0.717) is 17.8 Å². The number of rotatable bonds is 3. The number of nitrogens with zero attached hydrogens (tertiary/aromatic N) is 2. The van der Waals surface area contributed by atoms with Crippen molar-refractivity contribution in [2.45, 2.75) is 19.4 Å². The van der Waals surface area contributed by atoms with Crippen LogP contribution in [0.15, 0.2) is 18.2 Å². The molecule has 2 unspecified atom stereocenters. The lowest BCUT2D eigenvalue weighted by atomic mass is 10.0. The highest BCUT2D eigenvalue weighted by atomic mass is 79.9. The molecule has 0 spiro atoms. The van der Waals surface area contributed by atoms with Crippen LogP contribution in [0, 0.1) is 21.8 Å². The summed E-state index contributed by atoms with van der Waals surface area (Å²) in [5, 5.41) is 11.2. The van der Waals surface area contributed by atoms with Gasteiger partial charge in [0, 0.05) is 24.0 Å². The number of hydrogen-bond acceptors (Lipinski definition) is 3. The predicted molar refractivity (Wildman–Crippen MR) is 75.5 cm³/mol. The average Bonchev–Trinajstić information content (AvgIpc) is 2.78. The van der Waals surface area contributed by atoms with Gasteiger partial charge < -0.3 is 4.90 Å². The average molecular weight is 345 g/mol. The highest BCUT2D eigenvalue weighted by molar-refractivity contribution is 9.09. The van der Waals surface area contributed by atoms with Gasteiger partial charge in [-0.05, 0) is 18.4 Å². The maximum Gasteiger partial charge on any atom is 0.272 e. The smallest absolute Gasteiger partial charge is 0.272 e. The molecule has 1 aromatic rings. The van der Waals surface area contributed by atoms with Crippen LogP contribution >= 0.6 is 15.9 Å². The molecule has 7 heteroatoms. The predicted octanol–water partition coefficient (Wildman–Crippen LogP) is 2.98. The number of carbonyl (C=O) groups is 1. The molecule has 1 aliphatic heterocycles. The number of carbonyl (C=O) groups excluding carboxylic acids is 1. The fraction of sp³-hybridized carbons (Fsp3) is 0.462. The first-order valence-electron chi connectivity index (χ1n) is 6.26. The molecule has 0 aromatic heterocycles. The molecule has 5 nitrogen and oxygen atoms in total. The second-order valence-electron chi connectivity index (χ2n) is 4.91. The van der Waals surface area contributed by atoms with Crippen LogP contribution in [-0.2, 0) is 0 Å². The maximum absolute atomic E-state index is 13.9. The van der Waals surface area contributed by atoms with Crippen molar-refractivity contribution < 1.29 is 14.1 Å². The van der Waals surface area contributed by atoms with Gasteiger partial charge >= 0.3 is 0 Å². The van der Waals surface area contributed by atoms with E-state index in [1.165, 1.54) is 6.07 Å². The first-order valence-corrected chi connectivity index (χ1v) is 7.38. The molecule has 0 radical (unpaired) electrons. The minimum atomic E-state index is -0.850. The lowest BCUT2D eigenvalue weighted by molar-refractivity contribution is -0.385. The van der Waals surface area contributed by atoms with Gasteiger partial charge in [-0.2, -0.15) is 0 Å². The van der Waals surface area contributed by atoms with Crippen molar-refractivity contribution in [3.63, 3.8) is 0 Å². The van der Waals surface area contributed by atoms with E-state index in [9.17, 15) is 19.3 Å². The van der Waals surface area contributed by atoms with E-state index >= 15 is 0 Å². The third-order valence-corrected chi connectivity index (χ3v) is 4.36. The Morgan fingerprint density at radius 1 is 1.60 bits per heavy atom.